The van der Waals surface area contributed by atoms with E-state index in [1.807, 2.05) is 6.92 Å². The molecule has 1 aromatic carbocycles. The van der Waals surface area contributed by atoms with Crippen molar-refractivity contribution in [2.75, 3.05) is 13.7 Å². The van der Waals surface area contributed by atoms with E-state index in [1.54, 1.807) is 13.2 Å². The van der Waals surface area contributed by atoms with Crippen molar-refractivity contribution in [3.63, 3.8) is 0 Å². The first kappa shape index (κ1) is 15.3. The van der Waals surface area contributed by atoms with Crippen LogP contribution >= 0.6 is 0 Å². The number of rotatable bonds is 7. The Morgan fingerprint density at radius 2 is 2.26 bits per heavy atom. The van der Waals surface area contributed by atoms with Crippen LogP contribution in [0.3, 0.4) is 0 Å². The van der Waals surface area contributed by atoms with Crippen LogP contribution in [0.4, 0.5) is 4.39 Å². The van der Waals surface area contributed by atoms with Crippen LogP contribution in [0.1, 0.15) is 18.1 Å². The van der Waals surface area contributed by atoms with Gasteiger partial charge in [0.15, 0.2) is 0 Å². The number of carboxylic acids is 1. The highest BCUT2D eigenvalue weighted by molar-refractivity contribution is 5.85. The highest BCUT2D eigenvalue weighted by atomic mass is 19.1. The van der Waals surface area contributed by atoms with Crippen LogP contribution in [0, 0.1) is 5.82 Å². The maximum atomic E-state index is 13.1. The second kappa shape index (κ2) is 7.66. The van der Waals surface area contributed by atoms with Crippen LogP contribution < -0.4 is 0 Å². The van der Waals surface area contributed by atoms with E-state index < -0.39 is 11.8 Å². The summed E-state index contributed by atoms with van der Waals surface area (Å²) in [5, 5.41) is 8.59. The first-order valence-corrected chi connectivity index (χ1v) is 5.83. The second-order valence-electron chi connectivity index (χ2n) is 4.09. The minimum Gasteiger partial charge on any atom is -0.478 e. The number of carbonyl (C=O) groups is 1. The van der Waals surface area contributed by atoms with Gasteiger partial charge in [0.25, 0.3) is 0 Å². The van der Waals surface area contributed by atoms with Gasteiger partial charge in [-0.3, -0.25) is 0 Å². The number of hydrogen-bond donors (Lipinski definition) is 1. The Morgan fingerprint density at radius 3 is 2.89 bits per heavy atom. The maximum absolute atomic E-state index is 13.1. The van der Waals surface area contributed by atoms with Crippen LogP contribution in [-0.2, 0) is 20.9 Å². The van der Waals surface area contributed by atoms with Crippen molar-refractivity contribution >= 4 is 12.0 Å². The topological polar surface area (TPSA) is 55.8 Å². The first-order valence-electron chi connectivity index (χ1n) is 5.83. The van der Waals surface area contributed by atoms with Crippen LogP contribution in [-0.4, -0.2) is 30.9 Å². The van der Waals surface area contributed by atoms with Crippen LogP contribution in [0.2, 0.25) is 0 Å². The fraction of sp³-hybridized carbons (Fsp3) is 0.357. The molecule has 0 spiro atoms. The summed E-state index contributed by atoms with van der Waals surface area (Å²) in [5.41, 5.74) is 1.22. The third-order valence-electron chi connectivity index (χ3n) is 2.44. The highest BCUT2D eigenvalue weighted by Gasteiger charge is 2.06. The van der Waals surface area contributed by atoms with Gasteiger partial charge in [-0.1, -0.05) is 6.07 Å². The SMILES string of the molecule is COCC(C)OCc1ccc(F)cc1C=CC(=O)O. The van der Waals surface area contributed by atoms with E-state index in [2.05, 4.69) is 0 Å². The maximum Gasteiger partial charge on any atom is 0.328 e. The first-order chi connectivity index (χ1) is 9.02. The van der Waals surface area contributed by atoms with E-state index in [-0.39, 0.29) is 12.7 Å². The summed E-state index contributed by atoms with van der Waals surface area (Å²) in [6.45, 7) is 2.59. The lowest BCUT2D eigenvalue weighted by molar-refractivity contribution is -0.131. The van der Waals surface area contributed by atoms with Crippen LogP contribution in [0.15, 0.2) is 24.3 Å². The number of carboxylic acid groups (broad SMARTS) is 1. The third-order valence-corrected chi connectivity index (χ3v) is 2.44. The van der Waals surface area contributed by atoms with E-state index in [1.165, 1.54) is 18.2 Å². The molecule has 0 saturated heterocycles. The molecule has 4 nitrogen and oxygen atoms in total. The largest absolute Gasteiger partial charge is 0.478 e. The van der Waals surface area contributed by atoms with Crippen molar-refractivity contribution in [3.8, 4) is 0 Å². The van der Waals surface area contributed by atoms with E-state index in [0.717, 1.165) is 11.6 Å². The smallest absolute Gasteiger partial charge is 0.328 e. The van der Waals surface area contributed by atoms with E-state index in [9.17, 15) is 9.18 Å². The van der Waals surface area contributed by atoms with Gasteiger partial charge >= 0.3 is 5.97 Å². The van der Waals surface area contributed by atoms with Crippen molar-refractivity contribution < 1.29 is 23.8 Å². The van der Waals surface area contributed by atoms with E-state index in [4.69, 9.17) is 14.6 Å². The number of methoxy groups -OCH3 is 1. The zero-order valence-electron chi connectivity index (χ0n) is 10.9. The molecular weight excluding hydrogens is 251 g/mol. The Balaban J connectivity index is 2.79. The summed E-state index contributed by atoms with van der Waals surface area (Å²) >= 11 is 0. The van der Waals surface area contributed by atoms with Gasteiger partial charge < -0.3 is 14.6 Å². The molecule has 19 heavy (non-hydrogen) atoms. The monoisotopic (exact) mass is 268 g/mol. The van der Waals surface area contributed by atoms with Gasteiger partial charge in [0, 0.05) is 13.2 Å². The Hall–Kier alpha value is -1.72. The molecule has 1 aromatic rings. The molecule has 0 aliphatic heterocycles. The van der Waals surface area contributed by atoms with Crippen molar-refractivity contribution in [2.24, 2.45) is 0 Å². The van der Waals surface area contributed by atoms with Gasteiger partial charge in [0.05, 0.1) is 19.3 Å². The molecule has 0 aliphatic carbocycles. The molecule has 0 aliphatic rings. The molecule has 0 fully saturated rings. The third kappa shape index (κ3) is 5.63. The lowest BCUT2D eigenvalue weighted by Gasteiger charge is -2.13. The molecule has 104 valence electrons. The lowest BCUT2D eigenvalue weighted by Crippen LogP contribution is -2.14. The van der Waals surface area contributed by atoms with Crippen molar-refractivity contribution in [2.45, 2.75) is 19.6 Å². The van der Waals surface area contributed by atoms with Gasteiger partial charge in [0.1, 0.15) is 5.82 Å². The van der Waals surface area contributed by atoms with Crippen molar-refractivity contribution in [1.29, 1.82) is 0 Å². The molecule has 0 radical (unpaired) electrons. The predicted molar refractivity (Wildman–Crippen MR) is 69.2 cm³/mol. The van der Waals surface area contributed by atoms with Gasteiger partial charge in [0.2, 0.25) is 0 Å². The summed E-state index contributed by atoms with van der Waals surface area (Å²) in [6, 6.07) is 4.17. The number of halogens is 1. The zero-order chi connectivity index (χ0) is 14.3. The fourth-order valence-corrected chi connectivity index (χ4v) is 1.53. The number of aliphatic carboxylic acids is 1. The molecule has 1 unspecified atom stereocenters. The molecule has 0 aromatic heterocycles. The van der Waals surface area contributed by atoms with E-state index >= 15 is 0 Å². The summed E-state index contributed by atoms with van der Waals surface area (Å²) in [7, 11) is 1.58. The summed E-state index contributed by atoms with van der Waals surface area (Å²) in [6.07, 6.45) is 2.23. The number of hydrogen-bond acceptors (Lipinski definition) is 3. The van der Waals surface area contributed by atoms with Crippen molar-refractivity contribution in [1.82, 2.24) is 0 Å². The zero-order valence-corrected chi connectivity index (χ0v) is 10.9. The van der Waals surface area contributed by atoms with E-state index in [0.29, 0.717) is 12.2 Å². The Bertz CT molecular complexity index is 457. The minimum absolute atomic E-state index is 0.0913. The average molecular weight is 268 g/mol. The Kier molecular flexibility index (Phi) is 6.18. The molecule has 0 heterocycles. The number of ether oxygens (including phenoxy) is 2. The molecule has 0 amide bonds. The summed E-state index contributed by atoms with van der Waals surface area (Å²) in [5.74, 6) is -1.50. The van der Waals surface area contributed by atoms with Gasteiger partial charge in [-0.05, 0) is 36.3 Å². The number of benzene rings is 1. The molecule has 0 bridgehead atoms. The summed E-state index contributed by atoms with van der Waals surface area (Å²) < 4.78 is 23.6. The Labute approximate surface area is 111 Å². The van der Waals surface area contributed by atoms with Gasteiger partial charge in [-0.15, -0.1) is 0 Å². The van der Waals surface area contributed by atoms with Crippen LogP contribution in [0.25, 0.3) is 6.08 Å². The molecular formula is C14H17FO4. The minimum atomic E-state index is -1.08. The fourth-order valence-electron chi connectivity index (χ4n) is 1.53. The standard InChI is InChI=1S/C14H17FO4/c1-10(8-18-2)19-9-12-3-5-13(15)7-11(12)4-6-14(16)17/h3-7,10H,8-9H2,1-2H3,(H,16,17). The second-order valence-corrected chi connectivity index (χ2v) is 4.09. The highest BCUT2D eigenvalue weighted by Crippen LogP contribution is 2.15. The predicted octanol–water partition coefficient (Wildman–Crippen LogP) is 2.48. The average Bonchev–Trinajstić information content (AvgIpc) is 2.35. The lowest BCUT2D eigenvalue weighted by atomic mass is 10.1. The normalized spacial score (nSPS) is 12.8. The van der Waals surface area contributed by atoms with Crippen molar-refractivity contribution in [3.05, 3.63) is 41.2 Å². The molecule has 1 atom stereocenters. The van der Waals surface area contributed by atoms with Gasteiger partial charge in [-0.2, -0.15) is 0 Å². The molecule has 1 rings (SSSR count). The van der Waals surface area contributed by atoms with Crippen LogP contribution in [0.5, 0.6) is 0 Å². The molecule has 5 heteroatoms. The summed E-state index contributed by atoms with van der Waals surface area (Å²) in [4.78, 5) is 10.5. The molecule has 1 N–H and O–H groups in total. The Morgan fingerprint density at radius 1 is 1.53 bits per heavy atom. The quantitative estimate of drug-likeness (QED) is 0.772. The molecule has 0 saturated carbocycles. The van der Waals surface area contributed by atoms with Gasteiger partial charge in [-0.25, -0.2) is 9.18 Å².